The van der Waals surface area contributed by atoms with Crippen molar-refractivity contribution in [2.45, 2.75) is 65.8 Å². The van der Waals surface area contributed by atoms with E-state index in [1.54, 1.807) is 0 Å². The quantitative estimate of drug-likeness (QED) is 0.739. The fourth-order valence-corrected chi connectivity index (χ4v) is 4.25. The van der Waals surface area contributed by atoms with E-state index in [2.05, 4.69) is 27.7 Å². The third-order valence-electron chi connectivity index (χ3n) is 5.92. The van der Waals surface area contributed by atoms with Crippen LogP contribution in [0, 0.1) is 22.7 Å². The van der Waals surface area contributed by atoms with E-state index in [0.717, 1.165) is 11.8 Å². The lowest BCUT2D eigenvalue weighted by Gasteiger charge is -2.60. The Morgan fingerprint density at radius 1 is 0.933 bits per heavy atom. The largest absolute Gasteiger partial charge is 0.327 e. The highest BCUT2D eigenvalue weighted by molar-refractivity contribution is 5.07. The smallest absolute Gasteiger partial charge is 0.0103 e. The molecule has 2 bridgehead atoms. The molecule has 0 aromatic carbocycles. The molecule has 0 aliphatic heterocycles. The second kappa shape index (κ2) is 3.48. The van der Waals surface area contributed by atoms with Crippen molar-refractivity contribution in [3.05, 3.63) is 0 Å². The van der Waals surface area contributed by atoms with Crippen molar-refractivity contribution in [1.29, 1.82) is 0 Å². The molecule has 3 rings (SSSR count). The Labute approximate surface area is 94.8 Å². The topological polar surface area (TPSA) is 26.0 Å². The standard InChI is InChI=1S/C14H27N/c1-10(2)13-5-7-14(8-6-13,11(3)4)12(15)9-13/h10-12H,5-9,15H2,1-4H3. The van der Waals surface area contributed by atoms with Gasteiger partial charge in [0.15, 0.2) is 0 Å². The van der Waals surface area contributed by atoms with Crippen LogP contribution in [0.3, 0.4) is 0 Å². The van der Waals surface area contributed by atoms with Crippen LogP contribution in [0.2, 0.25) is 0 Å². The van der Waals surface area contributed by atoms with Gasteiger partial charge in [-0.05, 0) is 54.8 Å². The van der Waals surface area contributed by atoms with Crippen LogP contribution in [0.25, 0.3) is 0 Å². The average Bonchev–Trinajstić information content (AvgIpc) is 2.18. The van der Waals surface area contributed by atoms with Crippen molar-refractivity contribution >= 4 is 0 Å². The molecule has 0 amide bonds. The minimum absolute atomic E-state index is 0.461. The average molecular weight is 209 g/mol. The number of hydrogen-bond acceptors (Lipinski definition) is 1. The van der Waals surface area contributed by atoms with Gasteiger partial charge in [-0.1, -0.05) is 27.7 Å². The summed E-state index contributed by atoms with van der Waals surface area (Å²) in [4.78, 5) is 0. The molecule has 88 valence electrons. The molecule has 3 aliphatic carbocycles. The maximum atomic E-state index is 6.48. The van der Waals surface area contributed by atoms with Crippen LogP contribution in [0.5, 0.6) is 0 Å². The Kier molecular flexibility index (Phi) is 2.65. The van der Waals surface area contributed by atoms with Gasteiger partial charge in [-0.15, -0.1) is 0 Å². The molecule has 0 saturated heterocycles. The number of rotatable bonds is 2. The zero-order valence-electron chi connectivity index (χ0n) is 10.8. The summed E-state index contributed by atoms with van der Waals surface area (Å²) in [5, 5.41) is 0. The van der Waals surface area contributed by atoms with Gasteiger partial charge in [-0.3, -0.25) is 0 Å². The third kappa shape index (κ3) is 1.46. The molecule has 1 atom stereocenters. The predicted molar refractivity (Wildman–Crippen MR) is 65.6 cm³/mol. The van der Waals surface area contributed by atoms with E-state index in [9.17, 15) is 0 Å². The minimum Gasteiger partial charge on any atom is -0.327 e. The van der Waals surface area contributed by atoms with E-state index >= 15 is 0 Å². The summed E-state index contributed by atoms with van der Waals surface area (Å²) in [6.07, 6.45) is 6.89. The second-order valence-electron chi connectivity index (χ2n) is 6.72. The molecule has 0 radical (unpaired) electrons. The van der Waals surface area contributed by atoms with Crippen LogP contribution < -0.4 is 5.73 Å². The monoisotopic (exact) mass is 209 g/mol. The van der Waals surface area contributed by atoms with Crippen molar-refractivity contribution in [2.75, 3.05) is 0 Å². The van der Waals surface area contributed by atoms with E-state index in [1.807, 2.05) is 0 Å². The highest BCUT2D eigenvalue weighted by Gasteiger charge is 2.54. The zero-order chi connectivity index (χ0) is 11.3. The van der Waals surface area contributed by atoms with Gasteiger partial charge < -0.3 is 5.73 Å². The molecule has 15 heavy (non-hydrogen) atoms. The number of nitrogens with two attached hydrogens (primary N) is 1. The van der Waals surface area contributed by atoms with E-state index in [4.69, 9.17) is 5.73 Å². The first-order valence-corrected chi connectivity index (χ1v) is 6.68. The maximum Gasteiger partial charge on any atom is 0.0103 e. The van der Waals surface area contributed by atoms with E-state index in [0.29, 0.717) is 16.9 Å². The Morgan fingerprint density at radius 3 is 1.80 bits per heavy atom. The lowest BCUT2D eigenvalue weighted by atomic mass is 9.46. The Morgan fingerprint density at radius 2 is 1.47 bits per heavy atom. The molecule has 1 unspecified atom stereocenters. The van der Waals surface area contributed by atoms with Crippen LogP contribution in [0.15, 0.2) is 0 Å². The first-order valence-electron chi connectivity index (χ1n) is 6.68. The lowest BCUT2D eigenvalue weighted by Crippen LogP contribution is -2.58. The summed E-state index contributed by atoms with van der Waals surface area (Å²) in [5.74, 6) is 1.58. The highest BCUT2D eigenvalue weighted by atomic mass is 14.8. The van der Waals surface area contributed by atoms with Gasteiger partial charge in [0, 0.05) is 6.04 Å². The Balaban J connectivity index is 2.23. The Hall–Kier alpha value is -0.0400. The van der Waals surface area contributed by atoms with Gasteiger partial charge in [-0.25, -0.2) is 0 Å². The molecule has 1 heteroatoms. The molecule has 3 fully saturated rings. The molecule has 0 heterocycles. The first-order chi connectivity index (χ1) is 6.93. The first kappa shape index (κ1) is 11.4. The Bertz CT molecular complexity index is 234. The van der Waals surface area contributed by atoms with Crippen molar-refractivity contribution in [3.8, 4) is 0 Å². The SMILES string of the molecule is CC(C)C12CCC(C(C)C)(CC1)C(N)C2. The fraction of sp³-hybridized carbons (Fsp3) is 1.00. The maximum absolute atomic E-state index is 6.48. The second-order valence-corrected chi connectivity index (χ2v) is 6.72. The zero-order valence-corrected chi connectivity index (χ0v) is 10.8. The van der Waals surface area contributed by atoms with E-state index in [1.165, 1.54) is 32.1 Å². The van der Waals surface area contributed by atoms with Crippen LogP contribution >= 0.6 is 0 Å². The van der Waals surface area contributed by atoms with Crippen molar-refractivity contribution in [2.24, 2.45) is 28.4 Å². The number of hydrogen-bond donors (Lipinski definition) is 1. The highest BCUT2D eigenvalue weighted by Crippen LogP contribution is 2.61. The van der Waals surface area contributed by atoms with Gasteiger partial charge in [0.2, 0.25) is 0 Å². The van der Waals surface area contributed by atoms with Gasteiger partial charge >= 0.3 is 0 Å². The van der Waals surface area contributed by atoms with Gasteiger partial charge in [0.1, 0.15) is 0 Å². The normalized spacial score (nSPS) is 45.4. The summed E-state index contributed by atoms with van der Waals surface area (Å²) in [6, 6.07) is 0.461. The van der Waals surface area contributed by atoms with Crippen LogP contribution in [0.4, 0.5) is 0 Å². The molecule has 3 aliphatic rings. The summed E-state index contributed by atoms with van der Waals surface area (Å²) in [5.41, 5.74) is 7.55. The molecule has 0 aromatic rings. The lowest BCUT2D eigenvalue weighted by molar-refractivity contribution is -0.0789. The third-order valence-corrected chi connectivity index (χ3v) is 5.92. The summed E-state index contributed by atoms with van der Waals surface area (Å²) >= 11 is 0. The van der Waals surface area contributed by atoms with Crippen LogP contribution in [-0.4, -0.2) is 6.04 Å². The van der Waals surface area contributed by atoms with Gasteiger partial charge in [0.25, 0.3) is 0 Å². The van der Waals surface area contributed by atoms with Crippen molar-refractivity contribution in [3.63, 3.8) is 0 Å². The molecule has 0 aromatic heterocycles. The summed E-state index contributed by atoms with van der Waals surface area (Å²) in [6.45, 7) is 9.52. The fourth-order valence-electron chi connectivity index (χ4n) is 4.25. The molecular weight excluding hydrogens is 182 g/mol. The minimum atomic E-state index is 0.461. The van der Waals surface area contributed by atoms with Crippen LogP contribution in [0.1, 0.15) is 59.8 Å². The molecule has 2 N–H and O–H groups in total. The summed E-state index contributed by atoms with van der Waals surface area (Å²) < 4.78 is 0. The van der Waals surface area contributed by atoms with Gasteiger partial charge in [-0.2, -0.15) is 0 Å². The van der Waals surface area contributed by atoms with Crippen molar-refractivity contribution < 1.29 is 0 Å². The molecule has 3 saturated carbocycles. The van der Waals surface area contributed by atoms with E-state index < -0.39 is 0 Å². The molecule has 1 nitrogen and oxygen atoms in total. The van der Waals surface area contributed by atoms with Gasteiger partial charge in [0.05, 0.1) is 0 Å². The molecule has 0 spiro atoms. The van der Waals surface area contributed by atoms with E-state index in [-0.39, 0.29) is 0 Å². The van der Waals surface area contributed by atoms with Crippen molar-refractivity contribution in [1.82, 2.24) is 0 Å². The number of fused-ring (bicyclic) bond motifs is 3. The predicted octanol–water partition coefficient (Wildman–Crippen LogP) is 3.58. The van der Waals surface area contributed by atoms with Crippen LogP contribution in [-0.2, 0) is 0 Å². The molecular formula is C14H27N. The summed E-state index contributed by atoms with van der Waals surface area (Å²) in [7, 11) is 0.